The molecule has 1 atom stereocenters. The lowest BCUT2D eigenvalue weighted by Crippen LogP contribution is -2.19. The van der Waals surface area contributed by atoms with Crippen molar-refractivity contribution in [3.63, 3.8) is 0 Å². The highest BCUT2D eigenvalue weighted by Crippen LogP contribution is 2.21. The Morgan fingerprint density at radius 3 is 2.56 bits per heavy atom. The lowest BCUT2D eigenvalue weighted by molar-refractivity contribution is -0.145. The molecule has 1 unspecified atom stereocenters. The topological polar surface area (TPSA) is 52.3 Å². The van der Waals surface area contributed by atoms with Gasteiger partial charge in [0.15, 0.2) is 0 Å². The van der Waals surface area contributed by atoms with Gasteiger partial charge in [-0.05, 0) is 37.6 Å². The van der Waals surface area contributed by atoms with Crippen LogP contribution in [0.5, 0.6) is 0 Å². The Balaban J connectivity index is 2.84. The predicted octanol–water partition coefficient (Wildman–Crippen LogP) is 1.82. The first kappa shape index (κ1) is 12.6. The Bertz CT molecular complexity index is 337. The molecule has 0 spiro atoms. The summed E-state index contributed by atoms with van der Waals surface area (Å²) in [6, 6.07) is 5.84. The summed E-state index contributed by atoms with van der Waals surface area (Å²) in [7, 11) is 0. The van der Waals surface area contributed by atoms with Crippen molar-refractivity contribution in [2.75, 3.05) is 13.2 Å². The Kier molecular flexibility index (Phi) is 4.92. The number of carbonyl (C=O) groups excluding carboxylic acids is 1. The van der Waals surface area contributed by atoms with Crippen LogP contribution < -0.4 is 5.73 Å². The normalized spacial score (nSPS) is 12.2. The number of rotatable bonds is 5. The summed E-state index contributed by atoms with van der Waals surface area (Å²) in [6.07, 6.45) is 0.504. The first-order chi connectivity index (χ1) is 7.69. The van der Waals surface area contributed by atoms with Crippen LogP contribution in [-0.2, 0) is 9.53 Å². The third-order valence-electron chi connectivity index (χ3n) is 2.30. The molecule has 3 nitrogen and oxygen atoms in total. The molecule has 0 heterocycles. The fourth-order valence-corrected chi connectivity index (χ4v) is 1.53. The summed E-state index contributed by atoms with van der Waals surface area (Å²) in [4.78, 5) is 11.6. The average molecular weight is 225 g/mol. The van der Waals surface area contributed by atoms with Gasteiger partial charge in [-0.3, -0.25) is 4.79 Å². The third-order valence-corrected chi connectivity index (χ3v) is 2.30. The van der Waals surface area contributed by atoms with Gasteiger partial charge in [0.05, 0.1) is 12.5 Å². The van der Waals surface area contributed by atoms with E-state index < -0.39 is 5.92 Å². The van der Waals surface area contributed by atoms with Crippen molar-refractivity contribution in [3.8, 4) is 0 Å². The van der Waals surface area contributed by atoms with E-state index in [9.17, 15) is 9.18 Å². The zero-order chi connectivity index (χ0) is 12.0. The number of esters is 1. The van der Waals surface area contributed by atoms with Crippen LogP contribution >= 0.6 is 0 Å². The van der Waals surface area contributed by atoms with Gasteiger partial charge in [0.2, 0.25) is 0 Å². The predicted molar refractivity (Wildman–Crippen MR) is 59.4 cm³/mol. The Hall–Kier alpha value is -1.42. The van der Waals surface area contributed by atoms with Crippen molar-refractivity contribution in [2.45, 2.75) is 19.3 Å². The zero-order valence-corrected chi connectivity index (χ0v) is 9.28. The maximum Gasteiger partial charge on any atom is 0.313 e. The molecular formula is C12H16FNO2. The van der Waals surface area contributed by atoms with E-state index in [1.165, 1.54) is 12.1 Å². The molecule has 16 heavy (non-hydrogen) atoms. The first-order valence-corrected chi connectivity index (χ1v) is 5.31. The van der Waals surface area contributed by atoms with Gasteiger partial charge in [-0.2, -0.15) is 0 Å². The van der Waals surface area contributed by atoms with Crippen molar-refractivity contribution >= 4 is 5.97 Å². The molecule has 0 radical (unpaired) electrons. The molecule has 0 saturated carbocycles. The quantitative estimate of drug-likeness (QED) is 0.778. The molecule has 4 heteroatoms. The van der Waals surface area contributed by atoms with Gasteiger partial charge < -0.3 is 10.5 Å². The summed E-state index contributed by atoms with van der Waals surface area (Å²) < 4.78 is 17.7. The van der Waals surface area contributed by atoms with Crippen molar-refractivity contribution in [1.29, 1.82) is 0 Å². The molecule has 1 aromatic rings. The van der Waals surface area contributed by atoms with E-state index in [1.807, 2.05) is 0 Å². The Morgan fingerprint density at radius 2 is 2.06 bits per heavy atom. The molecular weight excluding hydrogens is 209 g/mol. The molecule has 1 rings (SSSR count). The third kappa shape index (κ3) is 3.31. The van der Waals surface area contributed by atoms with Crippen LogP contribution in [-0.4, -0.2) is 19.1 Å². The second kappa shape index (κ2) is 6.23. The number of hydrogen-bond acceptors (Lipinski definition) is 3. The molecule has 0 aliphatic carbocycles. The van der Waals surface area contributed by atoms with Crippen LogP contribution in [0.4, 0.5) is 4.39 Å². The largest absolute Gasteiger partial charge is 0.466 e. The monoisotopic (exact) mass is 225 g/mol. The maximum absolute atomic E-state index is 12.7. The van der Waals surface area contributed by atoms with Gasteiger partial charge >= 0.3 is 5.97 Å². The molecule has 0 aliphatic rings. The van der Waals surface area contributed by atoms with E-state index in [0.717, 1.165) is 5.56 Å². The first-order valence-electron chi connectivity index (χ1n) is 5.31. The van der Waals surface area contributed by atoms with Crippen molar-refractivity contribution in [1.82, 2.24) is 0 Å². The molecule has 0 amide bonds. The SMILES string of the molecule is CCOC(=O)C(CCN)c1ccc(F)cc1. The summed E-state index contributed by atoms with van der Waals surface area (Å²) >= 11 is 0. The Morgan fingerprint density at radius 1 is 1.44 bits per heavy atom. The summed E-state index contributed by atoms with van der Waals surface area (Å²) in [5.41, 5.74) is 6.19. The van der Waals surface area contributed by atoms with Gasteiger partial charge in [-0.1, -0.05) is 12.1 Å². The summed E-state index contributed by atoms with van der Waals surface area (Å²) in [5.74, 6) is -1.02. The smallest absolute Gasteiger partial charge is 0.313 e. The van der Waals surface area contributed by atoms with E-state index in [2.05, 4.69) is 0 Å². The minimum absolute atomic E-state index is 0.306. The highest BCUT2D eigenvalue weighted by atomic mass is 19.1. The van der Waals surface area contributed by atoms with E-state index >= 15 is 0 Å². The van der Waals surface area contributed by atoms with E-state index in [0.29, 0.717) is 19.6 Å². The molecule has 0 saturated heterocycles. The number of carbonyl (C=O) groups is 1. The second-order valence-electron chi connectivity index (χ2n) is 3.43. The molecule has 0 aliphatic heterocycles. The number of hydrogen-bond donors (Lipinski definition) is 1. The molecule has 1 aromatic carbocycles. The van der Waals surface area contributed by atoms with Crippen LogP contribution in [0.2, 0.25) is 0 Å². The van der Waals surface area contributed by atoms with Gasteiger partial charge in [0.1, 0.15) is 5.82 Å². The zero-order valence-electron chi connectivity index (χ0n) is 9.28. The maximum atomic E-state index is 12.7. The van der Waals surface area contributed by atoms with Crippen molar-refractivity contribution < 1.29 is 13.9 Å². The molecule has 0 bridgehead atoms. The fourth-order valence-electron chi connectivity index (χ4n) is 1.53. The van der Waals surface area contributed by atoms with Gasteiger partial charge in [0, 0.05) is 0 Å². The Labute approximate surface area is 94.4 Å². The minimum atomic E-state index is -0.398. The highest BCUT2D eigenvalue weighted by Gasteiger charge is 2.20. The van der Waals surface area contributed by atoms with Crippen LogP contribution in [0.3, 0.4) is 0 Å². The number of benzene rings is 1. The lowest BCUT2D eigenvalue weighted by Gasteiger charge is -2.14. The highest BCUT2D eigenvalue weighted by molar-refractivity contribution is 5.78. The number of halogens is 1. The van der Waals surface area contributed by atoms with Crippen molar-refractivity contribution in [3.05, 3.63) is 35.6 Å². The van der Waals surface area contributed by atoms with Crippen LogP contribution in [0.15, 0.2) is 24.3 Å². The van der Waals surface area contributed by atoms with E-state index in [4.69, 9.17) is 10.5 Å². The van der Waals surface area contributed by atoms with Crippen LogP contribution in [0.1, 0.15) is 24.8 Å². The summed E-state index contributed by atoms with van der Waals surface area (Å²) in [6.45, 7) is 2.48. The van der Waals surface area contributed by atoms with Gasteiger partial charge in [0.25, 0.3) is 0 Å². The molecule has 88 valence electrons. The fraction of sp³-hybridized carbons (Fsp3) is 0.417. The van der Waals surface area contributed by atoms with E-state index in [1.54, 1.807) is 19.1 Å². The van der Waals surface area contributed by atoms with Gasteiger partial charge in [-0.15, -0.1) is 0 Å². The molecule has 0 aromatic heterocycles. The molecule has 2 N–H and O–H groups in total. The standard InChI is InChI=1S/C12H16FNO2/c1-2-16-12(15)11(7-8-14)9-3-5-10(13)6-4-9/h3-6,11H,2,7-8,14H2,1H3. The second-order valence-corrected chi connectivity index (χ2v) is 3.43. The van der Waals surface area contributed by atoms with Crippen LogP contribution in [0, 0.1) is 5.82 Å². The van der Waals surface area contributed by atoms with Gasteiger partial charge in [-0.25, -0.2) is 4.39 Å². The number of ether oxygens (including phenoxy) is 1. The summed E-state index contributed by atoms with van der Waals surface area (Å²) in [5, 5.41) is 0. The average Bonchev–Trinajstić information content (AvgIpc) is 2.28. The van der Waals surface area contributed by atoms with Crippen LogP contribution in [0.25, 0.3) is 0 Å². The minimum Gasteiger partial charge on any atom is -0.466 e. The lowest BCUT2D eigenvalue weighted by atomic mass is 9.96. The van der Waals surface area contributed by atoms with Crippen molar-refractivity contribution in [2.24, 2.45) is 5.73 Å². The molecule has 0 fully saturated rings. The van der Waals surface area contributed by atoms with E-state index in [-0.39, 0.29) is 11.8 Å². The number of nitrogens with two attached hydrogens (primary N) is 1.